The van der Waals surface area contributed by atoms with Crippen molar-refractivity contribution in [2.45, 2.75) is 80.1 Å². The van der Waals surface area contributed by atoms with Gasteiger partial charge in [0.05, 0.1) is 0 Å². The van der Waals surface area contributed by atoms with E-state index in [9.17, 15) is 4.79 Å². The zero-order valence-electron chi connectivity index (χ0n) is 15.9. The van der Waals surface area contributed by atoms with Crippen LogP contribution in [-0.4, -0.2) is 24.2 Å². The summed E-state index contributed by atoms with van der Waals surface area (Å²) in [5, 5.41) is 8.08. The Labute approximate surface area is 139 Å². The van der Waals surface area contributed by atoms with Crippen molar-refractivity contribution in [3.63, 3.8) is 0 Å². The monoisotopic (exact) mass is 318 g/mol. The first-order valence-electron chi connectivity index (χ1n) is 8.79. The van der Waals surface area contributed by atoms with Crippen LogP contribution in [-0.2, 0) is 4.79 Å². The van der Waals surface area contributed by atoms with Crippen molar-refractivity contribution in [3.8, 4) is 0 Å². The van der Waals surface area contributed by atoms with Crippen molar-refractivity contribution < 1.29 is 9.90 Å². The average molecular weight is 319 g/mol. The molecule has 0 rings (SSSR count). The predicted molar refractivity (Wildman–Crippen MR) is 98.0 cm³/mol. The average Bonchev–Trinajstić information content (AvgIpc) is 2.34. The molecule has 0 aliphatic heterocycles. The highest BCUT2D eigenvalue weighted by atomic mass is 16.4. The maximum atomic E-state index is 9.81. The Bertz CT molecular complexity index is 217. The molecule has 0 atom stereocenters. The topological polar surface area (TPSA) is 89.3 Å². The fourth-order valence-electron chi connectivity index (χ4n) is 1.56. The maximum Gasteiger partial charge on any atom is 0.303 e. The highest BCUT2D eigenvalue weighted by molar-refractivity contribution is 5.66. The number of carboxylic acids is 1. The Morgan fingerprint density at radius 2 is 1.27 bits per heavy atom. The Morgan fingerprint density at radius 1 is 0.773 bits per heavy atom. The van der Waals surface area contributed by atoms with Crippen molar-refractivity contribution in [1.29, 1.82) is 0 Å². The molecular formula is C18H42N2O2. The first-order chi connectivity index (χ1) is 10.2. The molecule has 0 aliphatic carbocycles. The van der Waals surface area contributed by atoms with E-state index in [1.165, 1.54) is 25.7 Å². The Morgan fingerprint density at radius 3 is 1.45 bits per heavy atom. The van der Waals surface area contributed by atoms with Crippen LogP contribution in [0.15, 0.2) is 0 Å². The normalized spacial score (nSPS) is 10.1. The van der Waals surface area contributed by atoms with Gasteiger partial charge in [0, 0.05) is 6.42 Å². The van der Waals surface area contributed by atoms with Crippen LogP contribution < -0.4 is 11.5 Å². The van der Waals surface area contributed by atoms with Crippen LogP contribution in [0.3, 0.4) is 0 Å². The molecule has 0 amide bonds. The van der Waals surface area contributed by atoms with Crippen molar-refractivity contribution >= 4 is 5.97 Å². The number of hydrogen-bond donors (Lipinski definition) is 3. The van der Waals surface area contributed by atoms with Crippen LogP contribution in [0, 0.1) is 17.8 Å². The van der Waals surface area contributed by atoms with Crippen molar-refractivity contribution in [2.24, 2.45) is 29.2 Å². The lowest BCUT2D eigenvalue weighted by Gasteiger charge is -2.01. The third-order valence-electron chi connectivity index (χ3n) is 2.81. The van der Waals surface area contributed by atoms with Gasteiger partial charge in [-0.15, -0.1) is 0 Å². The van der Waals surface area contributed by atoms with Gasteiger partial charge in [0.2, 0.25) is 0 Å². The van der Waals surface area contributed by atoms with Crippen LogP contribution in [0.25, 0.3) is 0 Å². The van der Waals surface area contributed by atoms with Gasteiger partial charge in [0.15, 0.2) is 0 Å². The first kappa shape index (κ1) is 26.3. The molecule has 136 valence electrons. The molecule has 4 nitrogen and oxygen atoms in total. The summed E-state index contributed by atoms with van der Waals surface area (Å²) in [6.45, 7) is 14.3. The standard InChI is InChI=1S/C8H19N.C5H13N.C5H10O2/c1-8(2)6-4-3-5-7-9;1-5(2)3-4-6;1-4(2)3-5(6)7/h8H,3-7,9H2,1-2H3;5H,3-4,6H2,1-2H3;4H,3H2,1-2H3,(H,6,7). The van der Waals surface area contributed by atoms with Crippen molar-refractivity contribution in [2.75, 3.05) is 13.1 Å². The van der Waals surface area contributed by atoms with Crippen LogP contribution in [0.2, 0.25) is 0 Å². The third kappa shape index (κ3) is 42.7. The summed E-state index contributed by atoms with van der Waals surface area (Å²) in [5.74, 6) is 1.20. The quantitative estimate of drug-likeness (QED) is 0.554. The van der Waals surface area contributed by atoms with Gasteiger partial charge in [-0.1, -0.05) is 60.8 Å². The van der Waals surface area contributed by atoms with E-state index in [2.05, 4.69) is 27.7 Å². The number of unbranched alkanes of at least 4 members (excludes halogenated alkanes) is 2. The lowest BCUT2D eigenvalue weighted by Crippen LogP contribution is -2.01. The fraction of sp³-hybridized carbons (Fsp3) is 0.944. The van der Waals surface area contributed by atoms with Gasteiger partial charge in [-0.3, -0.25) is 4.79 Å². The number of carboxylic acid groups (broad SMARTS) is 1. The molecule has 5 N–H and O–H groups in total. The molecule has 0 bridgehead atoms. The van der Waals surface area contributed by atoms with E-state index >= 15 is 0 Å². The molecule has 0 radical (unpaired) electrons. The largest absolute Gasteiger partial charge is 0.481 e. The number of aliphatic carboxylic acids is 1. The minimum atomic E-state index is -0.713. The van der Waals surface area contributed by atoms with E-state index in [4.69, 9.17) is 16.6 Å². The van der Waals surface area contributed by atoms with Gasteiger partial charge < -0.3 is 16.6 Å². The second-order valence-electron chi connectivity index (χ2n) is 6.99. The molecule has 0 fully saturated rings. The first-order valence-corrected chi connectivity index (χ1v) is 8.79. The van der Waals surface area contributed by atoms with Crippen molar-refractivity contribution in [1.82, 2.24) is 0 Å². The summed E-state index contributed by atoms with van der Waals surface area (Å²) in [4.78, 5) is 9.81. The van der Waals surface area contributed by atoms with E-state index in [0.717, 1.165) is 31.3 Å². The SMILES string of the molecule is CC(C)CC(=O)O.CC(C)CCCCCN.CC(C)CCN. The van der Waals surface area contributed by atoms with Crippen molar-refractivity contribution in [3.05, 3.63) is 0 Å². The molecule has 4 heteroatoms. The maximum absolute atomic E-state index is 9.81. The minimum absolute atomic E-state index is 0.275. The summed E-state index contributed by atoms with van der Waals surface area (Å²) < 4.78 is 0. The van der Waals surface area contributed by atoms with E-state index in [-0.39, 0.29) is 12.3 Å². The summed E-state index contributed by atoms with van der Waals surface area (Å²) in [6, 6.07) is 0. The molecule has 0 unspecified atom stereocenters. The zero-order chi connectivity index (χ0) is 18.0. The highest BCUT2D eigenvalue weighted by Crippen LogP contribution is 2.06. The van der Waals surface area contributed by atoms with Gasteiger partial charge in [0.25, 0.3) is 0 Å². The molecule has 22 heavy (non-hydrogen) atoms. The zero-order valence-corrected chi connectivity index (χ0v) is 15.9. The molecule has 0 aromatic heterocycles. The smallest absolute Gasteiger partial charge is 0.303 e. The fourth-order valence-corrected chi connectivity index (χ4v) is 1.56. The van der Waals surface area contributed by atoms with E-state index in [0.29, 0.717) is 0 Å². The summed E-state index contributed by atoms with van der Waals surface area (Å²) in [5.41, 5.74) is 10.6. The lowest BCUT2D eigenvalue weighted by atomic mass is 10.1. The summed E-state index contributed by atoms with van der Waals surface area (Å²) in [6.07, 6.45) is 6.66. The number of carbonyl (C=O) groups is 1. The molecule has 0 aromatic carbocycles. The molecule has 0 aliphatic rings. The molecule has 0 spiro atoms. The van der Waals surface area contributed by atoms with Gasteiger partial charge in [0.1, 0.15) is 0 Å². The van der Waals surface area contributed by atoms with E-state index in [1.807, 2.05) is 13.8 Å². The second kappa shape index (κ2) is 20.4. The third-order valence-corrected chi connectivity index (χ3v) is 2.81. The molecule has 0 saturated heterocycles. The van der Waals surface area contributed by atoms with Gasteiger partial charge >= 0.3 is 5.97 Å². The Balaban J connectivity index is -0.000000252. The molecule has 0 aromatic rings. The van der Waals surface area contributed by atoms with Crippen LogP contribution >= 0.6 is 0 Å². The van der Waals surface area contributed by atoms with Gasteiger partial charge in [-0.05, 0) is 43.7 Å². The number of hydrogen-bond acceptors (Lipinski definition) is 3. The van der Waals surface area contributed by atoms with Gasteiger partial charge in [-0.25, -0.2) is 0 Å². The molecular weight excluding hydrogens is 276 g/mol. The minimum Gasteiger partial charge on any atom is -0.481 e. The van der Waals surface area contributed by atoms with Crippen LogP contribution in [0.5, 0.6) is 0 Å². The van der Waals surface area contributed by atoms with Gasteiger partial charge in [-0.2, -0.15) is 0 Å². The van der Waals surface area contributed by atoms with Crippen LogP contribution in [0.1, 0.15) is 80.1 Å². The highest BCUT2D eigenvalue weighted by Gasteiger charge is 1.98. The number of nitrogens with two attached hydrogens (primary N) is 2. The summed E-state index contributed by atoms with van der Waals surface area (Å²) >= 11 is 0. The predicted octanol–water partition coefficient (Wildman–Crippen LogP) is 4.27. The molecule has 0 saturated carbocycles. The lowest BCUT2D eigenvalue weighted by molar-refractivity contribution is -0.137. The van der Waals surface area contributed by atoms with E-state index in [1.54, 1.807) is 0 Å². The Kier molecular flexibility index (Phi) is 24.4. The molecule has 0 heterocycles. The number of rotatable bonds is 9. The Hall–Kier alpha value is -0.610. The summed E-state index contributed by atoms with van der Waals surface area (Å²) in [7, 11) is 0. The van der Waals surface area contributed by atoms with E-state index < -0.39 is 5.97 Å². The second-order valence-corrected chi connectivity index (χ2v) is 6.99. The van der Waals surface area contributed by atoms with Crippen LogP contribution in [0.4, 0.5) is 0 Å².